The third kappa shape index (κ3) is 8.71. The number of amides is 4. The highest BCUT2D eigenvalue weighted by molar-refractivity contribution is 6.11. The van der Waals surface area contributed by atoms with Crippen LogP contribution in [-0.4, -0.2) is 30.7 Å². The van der Waals surface area contributed by atoms with E-state index in [2.05, 4.69) is 69.8 Å². The minimum Gasteiger partial charge on any atom is -0.497 e. The molecule has 6 aromatic carbocycles. The number of carbonyl (C=O) groups excluding carboxylic acids is 4. The lowest BCUT2D eigenvalue weighted by atomic mass is 9.95. The molecule has 0 aromatic heterocycles. The number of benzene rings is 6. The van der Waals surface area contributed by atoms with Gasteiger partial charge in [0.1, 0.15) is 5.75 Å². The van der Waals surface area contributed by atoms with Crippen molar-refractivity contribution in [3.05, 3.63) is 180 Å². The second-order valence-corrected chi connectivity index (χ2v) is 16.1. The van der Waals surface area contributed by atoms with E-state index >= 15 is 0 Å². The minimum absolute atomic E-state index is 0.291. The van der Waals surface area contributed by atoms with Crippen LogP contribution >= 0.6 is 0 Å². The molecule has 13 rings (SSSR count). The largest absolute Gasteiger partial charge is 0.497 e. The van der Waals surface area contributed by atoms with Crippen LogP contribution in [-0.2, 0) is 12.8 Å². The van der Waals surface area contributed by atoms with E-state index < -0.39 is 0 Å². The quantitative estimate of drug-likeness (QED) is 0.132. The SMILES string of the molecule is COc1cc2cc(c1)C(=O)Nc1c(C)cc(cc1C)Cc1cc(C)c(c(C)c1)NC(=O)c1cccc(c1)C(=O)Nc1c(C)cc(cc1C)Cc1cc(C)c(c(C)c1)NC2=O. The van der Waals surface area contributed by atoms with Crippen molar-refractivity contribution in [1.82, 2.24) is 0 Å². The highest BCUT2D eigenvalue weighted by atomic mass is 16.5. The van der Waals surface area contributed by atoms with Crippen LogP contribution in [0.2, 0.25) is 0 Å². The molecule has 304 valence electrons. The van der Waals surface area contributed by atoms with Crippen LogP contribution in [0.5, 0.6) is 5.75 Å². The van der Waals surface area contributed by atoms with Crippen molar-refractivity contribution in [2.24, 2.45) is 0 Å². The van der Waals surface area contributed by atoms with Gasteiger partial charge in [0, 0.05) is 45.0 Å². The summed E-state index contributed by atoms with van der Waals surface area (Å²) < 4.78 is 5.54. The monoisotopic (exact) mass is 798 g/mol. The predicted molar refractivity (Wildman–Crippen MR) is 241 cm³/mol. The van der Waals surface area contributed by atoms with Crippen molar-refractivity contribution < 1.29 is 23.9 Å². The summed E-state index contributed by atoms with van der Waals surface area (Å²) in [5, 5.41) is 12.3. The summed E-state index contributed by atoms with van der Waals surface area (Å²) in [4.78, 5) is 54.9. The highest BCUT2D eigenvalue weighted by Gasteiger charge is 2.20. The molecule has 7 aliphatic rings. The first-order valence-electron chi connectivity index (χ1n) is 20.0. The molecule has 0 fully saturated rings. The Morgan fingerprint density at radius 1 is 0.367 bits per heavy atom. The molecule has 0 radical (unpaired) electrons. The van der Waals surface area contributed by atoms with Gasteiger partial charge in [-0.3, -0.25) is 19.2 Å². The van der Waals surface area contributed by atoms with Gasteiger partial charge in [0.15, 0.2) is 0 Å². The number of ether oxygens (including phenoxy) is 1. The highest BCUT2D eigenvalue weighted by Crippen LogP contribution is 2.31. The number of nitrogens with one attached hydrogen (secondary N) is 4. The lowest BCUT2D eigenvalue weighted by Gasteiger charge is -2.18. The summed E-state index contributed by atoms with van der Waals surface area (Å²) in [5.41, 5.74) is 15.7. The van der Waals surface area contributed by atoms with E-state index in [1.807, 2.05) is 55.4 Å². The summed E-state index contributed by atoms with van der Waals surface area (Å²) >= 11 is 0. The van der Waals surface area contributed by atoms with Crippen LogP contribution in [0.15, 0.2) is 91.0 Å². The second-order valence-electron chi connectivity index (χ2n) is 16.1. The van der Waals surface area contributed by atoms with E-state index in [0.29, 0.717) is 52.2 Å². The standard InChI is InChI=1S/C51H50N4O5/c1-27-13-35-14-28(2)44(27)52-48(56)39-11-10-12-40(23-39)49(57)53-45-29(3)15-36(16-30(45)4)22-38-19-33(7)47(34(8)20-38)55-51(59)42-24-41(25-43(26-42)60-9)50(58)54-46-31(5)17-37(21-35)18-32(46)6/h10-20,23-26H,21-22H2,1-9H3,(H,52,56)(H,53,57)(H,54,58)(H,55,59). The summed E-state index contributed by atoms with van der Waals surface area (Å²) in [6.07, 6.45) is 1.28. The van der Waals surface area contributed by atoms with Crippen LogP contribution < -0.4 is 26.0 Å². The Morgan fingerprint density at radius 3 is 0.883 bits per heavy atom. The third-order valence-corrected chi connectivity index (χ3v) is 11.2. The molecule has 6 aromatic rings. The summed E-state index contributed by atoms with van der Waals surface area (Å²) in [5.74, 6) is -0.941. The molecular formula is C51H50N4O5. The van der Waals surface area contributed by atoms with Gasteiger partial charge in [-0.2, -0.15) is 0 Å². The molecule has 0 saturated heterocycles. The maximum absolute atomic E-state index is 13.8. The number of hydrogen-bond donors (Lipinski definition) is 4. The fourth-order valence-electron chi connectivity index (χ4n) is 8.40. The van der Waals surface area contributed by atoms with Crippen molar-refractivity contribution in [3.8, 4) is 5.75 Å². The molecule has 7 heterocycles. The average Bonchev–Trinajstić information content (AvgIpc) is 3.19. The molecule has 4 amide bonds. The Hall–Kier alpha value is -7.00. The maximum Gasteiger partial charge on any atom is 0.255 e. The zero-order valence-corrected chi connectivity index (χ0v) is 35.6. The van der Waals surface area contributed by atoms with Crippen molar-refractivity contribution in [3.63, 3.8) is 0 Å². The minimum atomic E-state index is -0.360. The lowest BCUT2D eigenvalue weighted by molar-refractivity contribution is 0.101. The van der Waals surface area contributed by atoms with E-state index in [9.17, 15) is 19.2 Å². The molecule has 0 unspecified atom stereocenters. The number of rotatable bonds is 1. The fraction of sp³-hybridized carbons (Fsp3) is 0.216. The molecule has 0 spiro atoms. The van der Waals surface area contributed by atoms with Gasteiger partial charge in [0.25, 0.3) is 23.6 Å². The third-order valence-electron chi connectivity index (χ3n) is 11.2. The van der Waals surface area contributed by atoms with Crippen LogP contribution in [0.25, 0.3) is 0 Å². The second kappa shape index (κ2) is 16.7. The first kappa shape index (κ1) is 41.2. The molecule has 7 aliphatic heterocycles. The fourth-order valence-corrected chi connectivity index (χ4v) is 8.40. The Kier molecular flexibility index (Phi) is 11.5. The van der Waals surface area contributed by atoms with Gasteiger partial charge < -0.3 is 26.0 Å². The normalized spacial score (nSPS) is 13.3. The van der Waals surface area contributed by atoms with Gasteiger partial charge in [-0.05, 0) is 171 Å². The van der Waals surface area contributed by atoms with Gasteiger partial charge >= 0.3 is 0 Å². The van der Waals surface area contributed by atoms with Crippen molar-refractivity contribution in [2.75, 3.05) is 28.4 Å². The molecule has 4 N–H and O–H groups in total. The van der Waals surface area contributed by atoms with Crippen LogP contribution in [0.4, 0.5) is 22.7 Å². The summed E-state index contributed by atoms with van der Waals surface area (Å²) in [6, 6.07) is 28.1. The number of carbonyl (C=O) groups is 4. The van der Waals surface area contributed by atoms with E-state index in [4.69, 9.17) is 4.74 Å². The van der Waals surface area contributed by atoms with Crippen molar-refractivity contribution in [2.45, 2.75) is 68.2 Å². The van der Waals surface area contributed by atoms with E-state index in [1.54, 1.807) is 42.5 Å². The Labute approximate surface area is 351 Å². The van der Waals surface area contributed by atoms with E-state index in [1.165, 1.54) is 7.11 Å². The van der Waals surface area contributed by atoms with Crippen molar-refractivity contribution >= 4 is 46.4 Å². The van der Waals surface area contributed by atoms with Gasteiger partial charge in [-0.15, -0.1) is 0 Å². The molecule has 60 heavy (non-hydrogen) atoms. The number of hydrogen-bond acceptors (Lipinski definition) is 5. The Balaban J connectivity index is 1.27. The lowest BCUT2D eigenvalue weighted by Crippen LogP contribution is -2.18. The molecule has 9 nitrogen and oxygen atoms in total. The van der Waals surface area contributed by atoms with Crippen LogP contribution in [0.3, 0.4) is 0 Å². The molecular weight excluding hydrogens is 749 g/mol. The molecule has 0 saturated carbocycles. The van der Waals surface area contributed by atoms with Crippen molar-refractivity contribution in [1.29, 1.82) is 0 Å². The Bertz CT molecular complexity index is 2500. The summed E-state index contributed by atoms with van der Waals surface area (Å²) in [6.45, 7) is 15.7. The topological polar surface area (TPSA) is 126 Å². The zero-order chi connectivity index (χ0) is 43.0. The van der Waals surface area contributed by atoms with Gasteiger partial charge in [-0.25, -0.2) is 0 Å². The number of aryl methyl sites for hydroxylation is 8. The summed E-state index contributed by atoms with van der Waals surface area (Å²) in [7, 11) is 1.51. The Morgan fingerprint density at radius 2 is 0.617 bits per heavy atom. The molecule has 9 heteroatoms. The van der Waals surface area contributed by atoms with Gasteiger partial charge in [-0.1, -0.05) is 54.6 Å². The molecule has 0 atom stereocenters. The number of anilines is 4. The van der Waals surface area contributed by atoms with E-state index in [-0.39, 0.29) is 23.6 Å². The van der Waals surface area contributed by atoms with Crippen LogP contribution in [0, 0.1) is 55.4 Å². The van der Waals surface area contributed by atoms with Crippen LogP contribution in [0.1, 0.15) is 108 Å². The first-order chi connectivity index (χ1) is 28.6. The maximum atomic E-state index is 13.8. The zero-order valence-electron chi connectivity index (χ0n) is 35.6. The van der Waals surface area contributed by atoms with Gasteiger partial charge in [0.05, 0.1) is 7.11 Å². The predicted octanol–water partition coefficient (Wildman–Crippen LogP) is 10.7. The molecule has 12 bridgehead atoms. The van der Waals surface area contributed by atoms with E-state index in [0.717, 1.165) is 78.1 Å². The first-order valence-corrected chi connectivity index (χ1v) is 20.0. The molecule has 0 aliphatic carbocycles. The van der Waals surface area contributed by atoms with Gasteiger partial charge in [0.2, 0.25) is 0 Å². The number of methoxy groups -OCH3 is 1. The average molecular weight is 799 g/mol. The smallest absolute Gasteiger partial charge is 0.255 e.